The van der Waals surface area contributed by atoms with E-state index in [-0.39, 0.29) is 12.2 Å². The predicted octanol–water partition coefficient (Wildman–Crippen LogP) is 3.17. The molecule has 8 nitrogen and oxygen atoms in total. The largest absolute Gasteiger partial charge is 0.493 e. The molecule has 9 heteroatoms. The maximum Gasteiger partial charge on any atom is 0.328 e. The monoisotopic (exact) mass is 449 g/mol. The normalized spacial score (nSPS) is 16.6. The highest BCUT2D eigenvalue weighted by Crippen LogP contribution is 2.35. The first-order valence-electron chi connectivity index (χ1n) is 9.42. The van der Waals surface area contributed by atoms with E-state index in [1.54, 1.807) is 25.3 Å². The first kappa shape index (κ1) is 24.2. The molecule has 3 rings (SSSR count). The van der Waals surface area contributed by atoms with Crippen LogP contribution >= 0.6 is 11.6 Å². The van der Waals surface area contributed by atoms with Crippen molar-refractivity contribution in [1.82, 2.24) is 5.32 Å². The zero-order valence-corrected chi connectivity index (χ0v) is 17.6. The highest BCUT2D eigenvalue weighted by Gasteiger charge is 2.28. The third-order valence-corrected chi connectivity index (χ3v) is 4.41. The second kappa shape index (κ2) is 12.6. The van der Waals surface area contributed by atoms with Gasteiger partial charge >= 0.3 is 11.9 Å². The number of nitrogens with one attached hydrogen (secondary N) is 1. The first-order chi connectivity index (χ1) is 14.9. The van der Waals surface area contributed by atoms with Gasteiger partial charge in [-0.2, -0.15) is 0 Å². The van der Waals surface area contributed by atoms with Gasteiger partial charge in [-0.3, -0.25) is 0 Å². The Morgan fingerprint density at radius 2 is 1.81 bits per heavy atom. The van der Waals surface area contributed by atoms with Crippen LogP contribution in [-0.2, 0) is 14.3 Å². The highest BCUT2D eigenvalue weighted by molar-refractivity contribution is 6.30. The number of morpholine rings is 1. The highest BCUT2D eigenvalue weighted by atomic mass is 35.5. The van der Waals surface area contributed by atoms with Gasteiger partial charge in [0.15, 0.2) is 17.6 Å². The van der Waals surface area contributed by atoms with Crippen molar-refractivity contribution in [2.24, 2.45) is 0 Å². The Hall–Kier alpha value is -3.07. The lowest BCUT2D eigenvalue weighted by atomic mass is 10.0. The van der Waals surface area contributed by atoms with Crippen LogP contribution in [0.3, 0.4) is 0 Å². The van der Waals surface area contributed by atoms with Crippen LogP contribution in [0.5, 0.6) is 11.5 Å². The molecule has 0 radical (unpaired) electrons. The Balaban J connectivity index is 0.000000366. The standard InChI is InChI=1S/C18H20ClNO3.C4H4O4/c1-21-15-8-7-14(19)11-16(15)23-18(13-5-3-2-4-6-13)17-12-20-9-10-22-17;5-3(6)1-2-4(7)8/h2-8,11,17-18,20H,9-10,12H2,1H3;1-2H,(H,5,6)(H,7,8)/b;2-1+/t17-,18-;/m0./s1. The number of benzene rings is 2. The molecule has 1 fully saturated rings. The van der Waals surface area contributed by atoms with Gasteiger partial charge in [0.2, 0.25) is 0 Å². The van der Waals surface area contributed by atoms with Crippen molar-refractivity contribution in [3.63, 3.8) is 0 Å². The van der Waals surface area contributed by atoms with Crippen LogP contribution in [0.15, 0.2) is 60.7 Å². The van der Waals surface area contributed by atoms with Crippen LogP contribution in [0, 0.1) is 0 Å². The Kier molecular flexibility index (Phi) is 9.83. The van der Waals surface area contributed by atoms with Gasteiger partial charge in [-0.1, -0.05) is 41.9 Å². The maximum atomic E-state index is 9.55. The zero-order valence-electron chi connectivity index (χ0n) is 16.9. The summed E-state index contributed by atoms with van der Waals surface area (Å²) in [5.74, 6) is -1.25. The van der Waals surface area contributed by atoms with Crippen molar-refractivity contribution in [3.8, 4) is 11.5 Å². The molecule has 3 N–H and O–H groups in total. The first-order valence-corrected chi connectivity index (χ1v) is 9.80. The van der Waals surface area contributed by atoms with E-state index in [0.29, 0.717) is 35.3 Å². The topological polar surface area (TPSA) is 114 Å². The van der Waals surface area contributed by atoms with Crippen LogP contribution in [0.2, 0.25) is 5.02 Å². The molecule has 0 unspecified atom stereocenters. The molecule has 1 aliphatic heterocycles. The molecule has 1 aliphatic rings. The number of carboxylic acids is 2. The van der Waals surface area contributed by atoms with Gasteiger partial charge < -0.3 is 29.7 Å². The van der Waals surface area contributed by atoms with Gasteiger partial charge in [0, 0.05) is 36.3 Å². The molecule has 2 aromatic carbocycles. The minimum atomic E-state index is -1.26. The average Bonchev–Trinajstić information content (AvgIpc) is 2.78. The van der Waals surface area contributed by atoms with E-state index in [0.717, 1.165) is 18.7 Å². The zero-order chi connectivity index (χ0) is 22.6. The smallest absolute Gasteiger partial charge is 0.328 e. The number of aliphatic carboxylic acids is 2. The number of ether oxygens (including phenoxy) is 3. The van der Waals surface area contributed by atoms with E-state index in [1.807, 2.05) is 30.3 Å². The number of halogens is 1. The summed E-state index contributed by atoms with van der Waals surface area (Å²) in [5.41, 5.74) is 1.06. The van der Waals surface area contributed by atoms with Crippen LogP contribution < -0.4 is 14.8 Å². The van der Waals surface area contributed by atoms with Crippen molar-refractivity contribution in [2.75, 3.05) is 26.8 Å². The van der Waals surface area contributed by atoms with Gasteiger partial charge in [0.05, 0.1) is 13.7 Å². The lowest BCUT2D eigenvalue weighted by molar-refractivity contribution is -0.134. The molecule has 0 spiro atoms. The predicted molar refractivity (Wildman–Crippen MR) is 115 cm³/mol. The van der Waals surface area contributed by atoms with E-state index in [9.17, 15) is 9.59 Å². The maximum absolute atomic E-state index is 9.55. The SMILES string of the molecule is COc1ccc(Cl)cc1O[C@@H](c1ccccc1)[C@@H]1CNCCO1.O=C(O)/C=C/C(=O)O. The summed E-state index contributed by atoms with van der Waals surface area (Å²) in [6.45, 7) is 2.27. The molecular formula is C22H24ClNO7. The fourth-order valence-electron chi connectivity index (χ4n) is 2.80. The minimum Gasteiger partial charge on any atom is -0.493 e. The number of carboxylic acid groups (broad SMARTS) is 2. The third kappa shape index (κ3) is 8.29. The second-order valence-electron chi connectivity index (χ2n) is 6.37. The molecule has 2 aromatic rings. The summed E-state index contributed by atoms with van der Waals surface area (Å²) in [6, 6.07) is 15.4. The average molecular weight is 450 g/mol. The molecule has 0 aliphatic carbocycles. The summed E-state index contributed by atoms with van der Waals surface area (Å²) in [4.78, 5) is 19.1. The number of hydrogen-bond donors (Lipinski definition) is 3. The van der Waals surface area contributed by atoms with Gasteiger partial charge in [0.1, 0.15) is 6.10 Å². The van der Waals surface area contributed by atoms with E-state index in [2.05, 4.69) is 5.32 Å². The molecule has 0 amide bonds. The van der Waals surface area contributed by atoms with E-state index < -0.39 is 11.9 Å². The van der Waals surface area contributed by atoms with Crippen molar-refractivity contribution < 1.29 is 34.0 Å². The van der Waals surface area contributed by atoms with Gasteiger partial charge in [0.25, 0.3) is 0 Å². The quantitative estimate of drug-likeness (QED) is 0.552. The molecule has 1 heterocycles. The lowest BCUT2D eigenvalue weighted by Crippen LogP contribution is -2.43. The summed E-state index contributed by atoms with van der Waals surface area (Å²) >= 11 is 6.11. The molecule has 2 atom stereocenters. The minimum absolute atomic E-state index is 0.0742. The lowest BCUT2D eigenvalue weighted by Gasteiger charge is -2.32. The molecule has 166 valence electrons. The van der Waals surface area contributed by atoms with Crippen molar-refractivity contribution in [3.05, 3.63) is 71.3 Å². The van der Waals surface area contributed by atoms with Crippen LogP contribution in [0.1, 0.15) is 11.7 Å². The Labute approximate surface area is 185 Å². The van der Waals surface area contributed by atoms with E-state index in [4.69, 9.17) is 36.0 Å². The second-order valence-corrected chi connectivity index (χ2v) is 6.80. The molecule has 31 heavy (non-hydrogen) atoms. The summed E-state index contributed by atoms with van der Waals surface area (Å²) in [5, 5.41) is 19.6. The fourth-order valence-corrected chi connectivity index (χ4v) is 2.97. The van der Waals surface area contributed by atoms with Crippen LogP contribution in [0.4, 0.5) is 0 Å². The van der Waals surface area contributed by atoms with E-state index in [1.165, 1.54) is 0 Å². The molecule has 0 aromatic heterocycles. The van der Waals surface area contributed by atoms with Gasteiger partial charge in [-0.05, 0) is 17.7 Å². The molecular weight excluding hydrogens is 426 g/mol. The van der Waals surface area contributed by atoms with Gasteiger partial charge in [-0.15, -0.1) is 0 Å². The number of carbonyl (C=O) groups is 2. The molecule has 0 saturated carbocycles. The fraction of sp³-hybridized carbons (Fsp3) is 0.273. The molecule has 0 bridgehead atoms. The van der Waals surface area contributed by atoms with Crippen LogP contribution in [0.25, 0.3) is 0 Å². The molecule has 1 saturated heterocycles. The van der Waals surface area contributed by atoms with Crippen molar-refractivity contribution in [2.45, 2.75) is 12.2 Å². The third-order valence-electron chi connectivity index (χ3n) is 4.17. The van der Waals surface area contributed by atoms with E-state index >= 15 is 0 Å². The number of methoxy groups -OCH3 is 1. The summed E-state index contributed by atoms with van der Waals surface area (Å²) < 4.78 is 17.6. The Morgan fingerprint density at radius 1 is 1.13 bits per heavy atom. The number of rotatable bonds is 7. The van der Waals surface area contributed by atoms with Crippen molar-refractivity contribution in [1.29, 1.82) is 0 Å². The van der Waals surface area contributed by atoms with Gasteiger partial charge in [-0.25, -0.2) is 9.59 Å². The summed E-state index contributed by atoms with van der Waals surface area (Å²) in [6.07, 6.45) is 0.802. The Morgan fingerprint density at radius 3 is 2.35 bits per heavy atom. The Bertz CT molecular complexity index is 867. The number of hydrogen-bond acceptors (Lipinski definition) is 6. The van der Waals surface area contributed by atoms with Crippen molar-refractivity contribution >= 4 is 23.5 Å². The van der Waals surface area contributed by atoms with Crippen LogP contribution in [-0.4, -0.2) is 55.1 Å². The summed E-state index contributed by atoms with van der Waals surface area (Å²) in [7, 11) is 1.62.